The number of hydrogen-bond acceptors (Lipinski definition) is 6. The molecule has 0 amide bonds. The SMILES string of the molecule is COc1ccc(Cl)cc1S(=O)(=O)N1CCN(c2nc(Cc3cc(C)cc(C)c3)cs2)CC1. The van der Waals surface area contributed by atoms with Crippen molar-refractivity contribution < 1.29 is 13.2 Å². The average molecular weight is 492 g/mol. The van der Waals surface area contributed by atoms with E-state index in [1.54, 1.807) is 23.5 Å². The first-order chi connectivity index (χ1) is 15.3. The normalized spacial score (nSPS) is 15.2. The van der Waals surface area contributed by atoms with Gasteiger partial charge in [-0.2, -0.15) is 4.31 Å². The minimum absolute atomic E-state index is 0.103. The van der Waals surface area contributed by atoms with Gasteiger partial charge in [-0.1, -0.05) is 40.9 Å². The second-order valence-corrected chi connectivity index (χ2v) is 11.2. The zero-order valence-corrected chi connectivity index (χ0v) is 20.7. The molecule has 9 heteroatoms. The molecule has 32 heavy (non-hydrogen) atoms. The third kappa shape index (κ3) is 4.93. The molecule has 0 unspecified atom stereocenters. The summed E-state index contributed by atoms with van der Waals surface area (Å²) in [6.45, 7) is 6.14. The fourth-order valence-corrected chi connectivity index (χ4v) is 6.73. The average Bonchev–Trinajstić information content (AvgIpc) is 3.21. The van der Waals surface area contributed by atoms with Crippen LogP contribution in [-0.2, 0) is 16.4 Å². The van der Waals surface area contributed by atoms with Crippen LogP contribution in [0.5, 0.6) is 5.75 Å². The summed E-state index contributed by atoms with van der Waals surface area (Å²) in [5.41, 5.74) is 4.80. The molecule has 0 N–H and O–H groups in total. The van der Waals surface area contributed by atoms with Crippen LogP contribution in [0.4, 0.5) is 5.13 Å². The number of benzene rings is 2. The van der Waals surface area contributed by atoms with Gasteiger partial charge in [-0.05, 0) is 37.6 Å². The molecule has 4 rings (SSSR count). The zero-order valence-electron chi connectivity index (χ0n) is 18.3. The topological polar surface area (TPSA) is 62.7 Å². The summed E-state index contributed by atoms with van der Waals surface area (Å²) in [5.74, 6) is 0.299. The van der Waals surface area contributed by atoms with Crippen LogP contribution in [0.15, 0.2) is 46.7 Å². The second-order valence-electron chi connectivity index (χ2n) is 7.98. The fraction of sp³-hybridized carbons (Fsp3) is 0.348. The molecule has 0 bridgehead atoms. The van der Waals surface area contributed by atoms with Crippen molar-refractivity contribution in [1.82, 2.24) is 9.29 Å². The van der Waals surface area contributed by atoms with Crippen molar-refractivity contribution in [1.29, 1.82) is 0 Å². The van der Waals surface area contributed by atoms with Crippen LogP contribution in [-0.4, -0.2) is 51.0 Å². The lowest BCUT2D eigenvalue weighted by Gasteiger charge is -2.34. The van der Waals surface area contributed by atoms with Gasteiger partial charge in [-0.3, -0.25) is 0 Å². The third-order valence-electron chi connectivity index (χ3n) is 5.46. The standard InChI is InChI=1S/C23H26ClN3O3S2/c1-16-10-17(2)12-18(11-16)13-20-15-31-23(25-20)26-6-8-27(9-7-26)32(28,29)22-14-19(24)4-5-21(22)30-3/h4-5,10-12,14-15H,6-9,13H2,1-3H3. The Labute approximate surface area is 198 Å². The van der Waals surface area contributed by atoms with Crippen LogP contribution in [0.2, 0.25) is 5.02 Å². The van der Waals surface area contributed by atoms with Crippen molar-refractivity contribution in [3.8, 4) is 5.75 Å². The highest BCUT2D eigenvalue weighted by molar-refractivity contribution is 7.89. The number of methoxy groups -OCH3 is 1. The van der Waals surface area contributed by atoms with E-state index in [0.29, 0.717) is 37.0 Å². The Balaban J connectivity index is 1.44. The number of thiazole rings is 1. The van der Waals surface area contributed by atoms with E-state index in [-0.39, 0.29) is 4.90 Å². The lowest BCUT2D eigenvalue weighted by Crippen LogP contribution is -2.48. The molecule has 0 aliphatic carbocycles. The Hall–Kier alpha value is -2.13. The van der Waals surface area contributed by atoms with Crippen molar-refractivity contribution in [2.75, 3.05) is 38.2 Å². The van der Waals surface area contributed by atoms with Gasteiger partial charge in [0.25, 0.3) is 0 Å². The number of nitrogens with zero attached hydrogens (tertiary/aromatic N) is 3. The summed E-state index contributed by atoms with van der Waals surface area (Å²) in [4.78, 5) is 7.06. The lowest BCUT2D eigenvalue weighted by molar-refractivity contribution is 0.374. The molecule has 0 spiro atoms. The summed E-state index contributed by atoms with van der Waals surface area (Å²) in [6, 6.07) is 11.2. The molecule has 1 fully saturated rings. The van der Waals surface area contributed by atoms with Crippen molar-refractivity contribution >= 4 is 38.1 Å². The monoisotopic (exact) mass is 491 g/mol. The molecule has 6 nitrogen and oxygen atoms in total. The summed E-state index contributed by atoms with van der Waals surface area (Å²) >= 11 is 7.65. The summed E-state index contributed by atoms with van der Waals surface area (Å²) in [7, 11) is -2.24. The molecule has 0 saturated carbocycles. The molecule has 2 aromatic carbocycles. The maximum atomic E-state index is 13.2. The Morgan fingerprint density at radius 3 is 2.41 bits per heavy atom. The molecule has 170 valence electrons. The van der Waals surface area contributed by atoms with Crippen LogP contribution < -0.4 is 9.64 Å². The highest BCUT2D eigenvalue weighted by Crippen LogP contribution is 2.31. The molecule has 3 aromatic rings. The van der Waals surface area contributed by atoms with Crippen LogP contribution in [0.3, 0.4) is 0 Å². The van der Waals surface area contributed by atoms with Crippen LogP contribution in [0.25, 0.3) is 0 Å². The predicted molar refractivity (Wildman–Crippen MR) is 130 cm³/mol. The van der Waals surface area contributed by atoms with E-state index in [9.17, 15) is 8.42 Å². The maximum absolute atomic E-state index is 13.2. The molecule has 1 saturated heterocycles. The van der Waals surface area contributed by atoms with Crippen LogP contribution in [0, 0.1) is 13.8 Å². The van der Waals surface area contributed by atoms with Crippen LogP contribution >= 0.6 is 22.9 Å². The van der Waals surface area contributed by atoms with E-state index in [4.69, 9.17) is 21.3 Å². The van der Waals surface area contributed by atoms with Crippen molar-refractivity contribution in [3.63, 3.8) is 0 Å². The molecule has 1 aliphatic heterocycles. The van der Waals surface area contributed by atoms with Crippen molar-refractivity contribution in [3.05, 3.63) is 69.2 Å². The van der Waals surface area contributed by atoms with E-state index in [1.807, 2.05) is 0 Å². The maximum Gasteiger partial charge on any atom is 0.246 e. The summed E-state index contributed by atoms with van der Waals surface area (Å²) in [6.07, 6.45) is 0.794. The molecule has 2 heterocycles. The number of piperazine rings is 1. The van der Waals surface area contributed by atoms with Gasteiger partial charge >= 0.3 is 0 Å². The number of anilines is 1. The fourth-order valence-electron chi connectivity index (χ4n) is 4.01. The van der Waals surface area contributed by atoms with Gasteiger partial charge in [0.2, 0.25) is 10.0 Å². The van der Waals surface area contributed by atoms with Crippen LogP contribution in [0.1, 0.15) is 22.4 Å². The van der Waals surface area contributed by atoms with Gasteiger partial charge in [-0.25, -0.2) is 13.4 Å². The minimum Gasteiger partial charge on any atom is -0.495 e. The van der Waals surface area contributed by atoms with E-state index in [1.165, 1.54) is 34.2 Å². The predicted octanol–water partition coefficient (Wildman–Crippen LogP) is 4.52. The van der Waals surface area contributed by atoms with Crippen molar-refractivity contribution in [2.45, 2.75) is 25.2 Å². The zero-order chi connectivity index (χ0) is 22.9. The molecular weight excluding hydrogens is 466 g/mol. The first-order valence-electron chi connectivity index (χ1n) is 10.4. The molecule has 1 aromatic heterocycles. The minimum atomic E-state index is -3.70. The number of hydrogen-bond donors (Lipinski definition) is 0. The number of rotatable bonds is 6. The van der Waals surface area contributed by atoms with E-state index >= 15 is 0 Å². The Morgan fingerprint density at radius 1 is 1.06 bits per heavy atom. The van der Waals surface area contributed by atoms with Gasteiger partial charge in [0.05, 0.1) is 12.8 Å². The Kier molecular flexibility index (Phi) is 6.76. The molecular formula is C23H26ClN3O3S2. The highest BCUT2D eigenvalue weighted by atomic mass is 35.5. The van der Waals surface area contributed by atoms with E-state index < -0.39 is 10.0 Å². The number of halogens is 1. The third-order valence-corrected chi connectivity index (χ3v) is 8.56. The first-order valence-corrected chi connectivity index (χ1v) is 13.1. The number of aromatic nitrogens is 1. The Bertz CT molecular complexity index is 1200. The molecule has 1 aliphatic rings. The quantitative estimate of drug-likeness (QED) is 0.507. The smallest absolute Gasteiger partial charge is 0.246 e. The van der Waals surface area contributed by atoms with Gasteiger partial charge in [0.1, 0.15) is 10.6 Å². The highest BCUT2D eigenvalue weighted by Gasteiger charge is 2.31. The van der Waals surface area contributed by atoms with Gasteiger partial charge in [0.15, 0.2) is 5.13 Å². The molecule has 0 atom stereocenters. The van der Waals surface area contributed by atoms with E-state index in [0.717, 1.165) is 17.2 Å². The lowest BCUT2D eigenvalue weighted by atomic mass is 10.0. The Morgan fingerprint density at radius 2 is 1.75 bits per heavy atom. The van der Waals surface area contributed by atoms with Gasteiger partial charge in [0, 0.05) is 43.0 Å². The van der Waals surface area contributed by atoms with Gasteiger partial charge in [-0.15, -0.1) is 11.3 Å². The van der Waals surface area contributed by atoms with Gasteiger partial charge < -0.3 is 9.64 Å². The number of ether oxygens (including phenoxy) is 1. The van der Waals surface area contributed by atoms with E-state index in [2.05, 4.69) is 42.3 Å². The molecule has 0 radical (unpaired) electrons. The number of sulfonamides is 1. The number of aryl methyl sites for hydroxylation is 2. The van der Waals surface area contributed by atoms with Crippen molar-refractivity contribution in [2.24, 2.45) is 0 Å². The first kappa shape index (κ1) is 23.0. The summed E-state index contributed by atoms with van der Waals surface area (Å²) in [5, 5.41) is 3.39. The summed E-state index contributed by atoms with van der Waals surface area (Å²) < 4.78 is 33.1. The largest absolute Gasteiger partial charge is 0.495 e. The second kappa shape index (κ2) is 9.39.